The lowest BCUT2D eigenvalue weighted by atomic mass is 10.2. The monoisotopic (exact) mass is 313 g/mol. The Morgan fingerprint density at radius 3 is 2.59 bits per heavy atom. The zero-order chi connectivity index (χ0) is 15.5. The number of thiophene rings is 1. The molecule has 2 aromatic heterocycles. The molecule has 22 heavy (non-hydrogen) atoms. The molecule has 1 aromatic carbocycles. The van der Waals surface area contributed by atoms with Crippen LogP contribution in [0.1, 0.15) is 21.1 Å². The van der Waals surface area contributed by atoms with Gasteiger partial charge in [-0.3, -0.25) is 15.6 Å². The highest BCUT2D eigenvalue weighted by atomic mass is 32.1. The number of hydrazine groups is 1. The third-order valence-electron chi connectivity index (χ3n) is 3.20. The van der Waals surface area contributed by atoms with E-state index in [-0.39, 0.29) is 5.91 Å². The van der Waals surface area contributed by atoms with E-state index < -0.39 is 0 Å². The minimum atomic E-state index is -0.174. The van der Waals surface area contributed by atoms with Crippen LogP contribution in [0, 0.1) is 13.8 Å². The van der Waals surface area contributed by atoms with Gasteiger partial charge in [0.2, 0.25) is 0 Å². The molecule has 0 atom stereocenters. The van der Waals surface area contributed by atoms with E-state index in [0.717, 1.165) is 27.6 Å². The van der Waals surface area contributed by atoms with E-state index >= 15 is 0 Å². The van der Waals surface area contributed by atoms with Gasteiger partial charge >= 0.3 is 0 Å². The third-order valence-corrected chi connectivity index (χ3v) is 4.31. The minimum Gasteiger partial charge on any atom is -0.361 e. The average molecular weight is 313 g/mol. The average Bonchev–Trinajstić information content (AvgIpc) is 3.13. The van der Waals surface area contributed by atoms with Gasteiger partial charge in [-0.2, -0.15) is 0 Å². The standard InChI is InChI=1S/C16H15N3O2S/c1-10-15(11(2)21-19-10)13-8-9-14(22-13)16(20)18-17-12-6-4-3-5-7-12/h3-9,17H,1-2H3,(H,18,20). The molecule has 2 N–H and O–H groups in total. The van der Waals surface area contributed by atoms with E-state index in [0.29, 0.717) is 4.88 Å². The topological polar surface area (TPSA) is 67.2 Å². The zero-order valence-electron chi connectivity index (χ0n) is 12.2. The molecule has 0 fully saturated rings. The second-order valence-corrected chi connectivity index (χ2v) is 5.89. The number of amides is 1. The molecule has 112 valence electrons. The van der Waals surface area contributed by atoms with Crippen LogP contribution < -0.4 is 10.9 Å². The maximum Gasteiger partial charge on any atom is 0.279 e. The molecule has 3 rings (SSSR count). The molecule has 0 unspecified atom stereocenters. The first kappa shape index (κ1) is 14.3. The van der Waals surface area contributed by atoms with Crippen molar-refractivity contribution in [2.75, 3.05) is 5.43 Å². The van der Waals surface area contributed by atoms with Gasteiger partial charge in [0.25, 0.3) is 5.91 Å². The van der Waals surface area contributed by atoms with Crippen LogP contribution >= 0.6 is 11.3 Å². The smallest absolute Gasteiger partial charge is 0.279 e. The van der Waals surface area contributed by atoms with E-state index in [1.807, 2.05) is 50.2 Å². The summed E-state index contributed by atoms with van der Waals surface area (Å²) in [5.74, 6) is 0.584. The van der Waals surface area contributed by atoms with Crippen LogP contribution in [0.2, 0.25) is 0 Å². The number of aryl methyl sites for hydroxylation is 2. The van der Waals surface area contributed by atoms with Crippen molar-refractivity contribution < 1.29 is 9.32 Å². The summed E-state index contributed by atoms with van der Waals surface area (Å²) < 4.78 is 5.17. The Labute approximate surface area is 131 Å². The minimum absolute atomic E-state index is 0.174. The summed E-state index contributed by atoms with van der Waals surface area (Å²) in [6, 6.07) is 13.2. The first-order chi connectivity index (χ1) is 10.6. The van der Waals surface area contributed by atoms with Crippen molar-refractivity contribution in [3.63, 3.8) is 0 Å². The number of aromatic nitrogens is 1. The molecular formula is C16H15N3O2S. The van der Waals surface area contributed by atoms with E-state index in [9.17, 15) is 4.79 Å². The number of nitrogens with one attached hydrogen (secondary N) is 2. The summed E-state index contributed by atoms with van der Waals surface area (Å²) in [6.45, 7) is 3.76. The summed E-state index contributed by atoms with van der Waals surface area (Å²) >= 11 is 1.41. The molecular weight excluding hydrogens is 298 g/mol. The SMILES string of the molecule is Cc1noc(C)c1-c1ccc(C(=O)NNc2ccccc2)s1. The predicted octanol–water partition coefficient (Wildman–Crippen LogP) is 3.78. The predicted molar refractivity (Wildman–Crippen MR) is 86.8 cm³/mol. The van der Waals surface area contributed by atoms with Crippen LogP contribution in [0.3, 0.4) is 0 Å². The Morgan fingerprint density at radius 1 is 1.14 bits per heavy atom. The van der Waals surface area contributed by atoms with Crippen molar-refractivity contribution >= 4 is 22.9 Å². The molecule has 0 spiro atoms. The van der Waals surface area contributed by atoms with Crippen molar-refractivity contribution in [3.05, 3.63) is 58.8 Å². The van der Waals surface area contributed by atoms with Crippen LogP contribution in [0.5, 0.6) is 0 Å². The normalized spacial score (nSPS) is 10.5. The van der Waals surface area contributed by atoms with E-state index in [1.165, 1.54) is 11.3 Å². The van der Waals surface area contributed by atoms with Crippen molar-refractivity contribution in [3.8, 4) is 10.4 Å². The van der Waals surface area contributed by atoms with Crippen molar-refractivity contribution in [1.82, 2.24) is 10.6 Å². The lowest BCUT2D eigenvalue weighted by Gasteiger charge is -2.06. The number of nitrogens with zero attached hydrogens (tertiary/aromatic N) is 1. The molecule has 0 aliphatic heterocycles. The van der Waals surface area contributed by atoms with Crippen LogP contribution in [0.4, 0.5) is 5.69 Å². The summed E-state index contributed by atoms with van der Waals surface area (Å²) in [5.41, 5.74) is 8.19. The molecule has 5 nitrogen and oxygen atoms in total. The number of para-hydroxylation sites is 1. The zero-order valence-corrected chi connectivity index (χ0v) is 13.0. The van der Waals surface area contributed by atoms with Gasteiger partial charge in [0.05, 0.1) is 21.8 Å². The highest BCUT2D eigenvalue weighted by molar-refractivity contribution is 7.17. The lowest BCUT2D eigenvalue weighted by molar-refractivity contribution is 0.0966. The summed E-state index contributed by atoms with van der Waals surface area (Å²) in [5, 5.41) is 3.94. The molecule has 0 saturated heterocycles. The lowest BCUT2D eigenvalue weighted by Crippen LogP contribution is -2.28. The van der Waals surface area contributed by atoms with Gasteiger partial charge in [-0.1, -0.05) is 23.4 Å². The summed E-state index contributed by atoms with van der Waals surface area (Å²) in [6.07, 6.45) is 0. The Balaban J connectivity index is 1.72. The number of hydrogen-bond acceptors (Lipinski definition) is 5. The molecule has 1 amide bonds. The number of benzene rings is 1. The fraction of sp³-hybridized carbons (Fsp3) is 0.125. The number of anilines is 1. The number of carbonyl (C=O) groups excluding carboxylic acids is 1. The molecule has 0 aliphatic carbocycles. The fourth-order valence-electron chi connectivity index (χ4n) is 2.14. The van der Waals surface area contributed by atoms with Crippen LogP contribution in [0.25, 0.3) is 10.4 Å². The molecule has 0 saturated carbocycles. The summed E-state index contributed by atoms with van der Waals surface area (Å²) in [7, 11) is 0. The molecule has 0 aliphatic rings. The molecule has 2 heterocycles. The highest BCUT2D eigenvalue weighted by Gasteiger charge is 2.16. The van der Waals surface area contributed by atoms with Gasteiger partial charge in [-0.15, -0.1) is 11.3 Å². The van der Waals surface area contributed by atoms with Gasteiger partial charge < -0.3 is 4.52 Å². The van der Waals surface area contributed by atoms with Crippen molar-refractivity contribution in [2.24, 2.45) is 0 Å². The Hall–Kier alpha value is -2.60. The van der Waals surface area contributed by atoms with Gasteiger partial charge in [-0.05, 0) is 38.1 Å². The summed E-state index contributed by atoms with van der Waals surface area (Å²) in [4.78, 5) is 13.8. The van der Waals surface area contributed by atoms with E-state index in [1.54, 1.807) is 6.07 Å². The van der Waals surface area contributed by atoms with Crippen LogP contribution in [0.15, 0.2) is 47.0 Å². The van der Waals surface area contributed by atoms with Crippen molar-refractivity contribution in [1.29, 1.82) is 0 Å². The van der Waals surface area contributed by atoms with E-state index in [2.05, 4.69) is 16.0 Å². The number of rotatable bonds is 4. The van der Waals surface area contributed by atoms with Gasteiger partial charge in [0.15, 0.2) is 0 Å². The Kier molecular flexibility index (Phi) is 3.93. The second kappa shape index (κ2) is 6.03. The first-order valence-electron chi connectivity index (χ1n) is 6.79. The first-order valence-corrected chi connectivity index (χ1v) is 7.61. The maximum absolute atomic E-state index is 12.2. The molecule has 0 bridgehead atoms. The van der Waals surface area contributed by atoms with Crippen LogP contribution in [-0.2, 0) is 0 Å². The van der Waals surface area contributed by atoms with Crippen molar-refractivity contribution in [2.45, 2.75) is 13.8 Å². The Bertz CT molecular complexity index is 773. The molecule has 3 aromatic rings. The quantitative estimate of drug-likeness (QED) is 0.719. The maximum atomic E-state index is 12.2. The van der Waals surface area contributed by atoms with E-state index in [4.69, 9.17) is 4.52 Å². The fourth-order valence-corrected chi connectivity index (χ4v) is 3.19. The highest BCUT2D eigenvalue weighted by Crippen LogP contribution is 2.32. The molecule has 6 heteroatoms. The second-order valence-electron chi connectivity index (χ2n) is 4.81. The Morgan fingerprint density at radius 2 is 1.91 bits per heavy atom. The number of carbonyl (C=O) groups is 1. The molecule has 0 radical (unpaired) electrons. The van der Waals surface area contributed by atoms with Gasteiger partial charge in [0, 0.05) is 4.88 Å². The largest absolute Gasteiger partial charge is 0.361 e. The van der Waals surface area contributed by atoms with Gasteiger partial charge in [0.1, 0.15) is 5.76 Å². The van der Waals surface area contributed by atoms with Crippen LogP contribution in [-0.4, -0.2) is 11.1 Å². The third kappa shape index (κ3) is 2.87. The van der Waals surface area contributed by atoms with Gasteiger partial charge in [-0.25, -0.2) is 0 Å². The number of hydrogen-bond donors (Lipinski definition) is 2.